The van der Waals surface area contributed by atoms with Gasteiger partial charge in [0, 0.05) is 13.1 Å². The fraction of sp³-hybridized carbons (Fsp3) is 0.286. The molecule has 3 rings (SSSR count). The van der Waals surface area contributed by atoms with E-state index in [9.17, 15) is 4.79 Å². The van der Waals surface area contributed by atoms with Gasteiger partial charge in [-0.3, -0.25) is 0 Å². The molecular weight excluding hydrogens is 276 g/mol. The van der Waals surface area contributed by atoms with Crippen molar-refractivity contribution >= 4 is 22.3 Å². The minimum absolute atomic E-state index is 0.136. The van der Waals surface area contributed by atoms with Gasteiger partial charge in [-0.1, -0.05) is 30.3 Å². The molecule has 1 aliphatic rings. The summed E-state index contributed by atoms with van der Waals surface area (Å²) in [4.78, 5) is 16.9. The molecule has 1 fully saturated rings. The molecule has 20 heavy (non-hydrogen) atoms. The van der Waals surface area contributed by atoms with Gasteiger partial charge < -0.3 is 14.7 Å². The Bertz CT molecular complexity index is 593. The van der Waals surface area contributed by atoms with Crippen LogP contribution in [0.5, 0.6) is 0 Å². The fourth-order valence-corrected chi connectivity index (χ4v) is 2.92. The zero-order chi connectivity index (χ0) is 13.9. The molecule has 1 aromatic carbocycles. The number of aromatic carboxylic acids is 1. The second kappa shape index (κ2) is 5.60. The first-order valence-electron chi connectivity index (χ1n) is 6.31. The molecule has 0 unspecified atom stereocenters. The second-order valence-electron chi connectivity index (χ2n) is 4.63. The van der Waals surface area contributed by atoms with Crippen LogP contribution >= 0.6 is 11.3 Å². The zero-order valence-corrected chi connectivity index (χ0v) is 11.5. The summed E-state index contributed by atoms with van der Waals surface area (Å²) in [5.41, 5.74) is 2.85. The molecule has 5 nitrogen and oxygen atoms in total. The van der Waals surface area contributed by atoms with E-state index in [0.717, 1.165) is 23.7 Å². The average molecular weight is 290 g/mol. The summed E-state index contributed by atoms with van der Waals surface area (Å²) in [6, 6.07) is 10.0. The van der Waals surface area contributed by atoms with E-state index in [4.69, 9.17) is 9.84 Å². The van der Waals surface area contributed by atoms with E-state index in [0.29, 0.717) is 6.61 Å². The van der Waals surface area contributed by atoms with Crippen LogP contribution in [0.1, 0.15) is 16.1 Å². The van der Waals surface area contributed by atoms with Gasteiger partial charge in [0.25, 0.3) is 0 Å². The molecule has 1 aromatic heterocycles. The summed E-state index contributed by atoms with van der Waals surface area (Å²) < 4.78 is 5.79. The maximum absolute atomic E-state index is 11.0. The lowest BCUT2D eigenvalue weighted by Crippen LogP contribution is -2.52. The number of hydrogen-bond donors (Lipinski definition) is 1. The first kappa shape index (κ1) is 13.1. The quantitative estimate of drug-likeness (QED) is 0.915. The molecule has 0 amide bonds. The van der Waals surface area contributed by atoms with E-state index in [1.165, 1.54) is 11.3 Å². The molecular formula is C14H14N2O3S. The van der Waals surface area contributed by atoms with Gasteiger partial charge in [-0.05, 0) is 5.56 Å². The number of aromatic nitrogens is 1. The summed E-state index contributed by atoms with van der Waals surface area (Å²) in [6.07, 6.45) is 0.152. The normalized spacial score (nSPS) is 15.1. The summed E-state index contributed by atoms with van der Waals surface area (Å²) in [5.74, 6) is -0.977. The Kier molecular flexibility index (Phi) is 3.66. The SMILES string of the molecule is O=C(O)c1ncsc1N1CC(OCc2ccccc2)C1. The summed E-state index contributed by atoms with van der Waals surface area (Å²) in [7, 11) is 0. The van der Waals surface area contributed by atoms with Crippen molar-refractivity contribution in [1.82, 2.24) is 4.98 Å². The smallest absolute Gasteiger partial charge is 0.357 e. The second-order valence-corrected chi connectivity index (χ2v) is 5.47. The van der Waals surface area contributed by atoms with E-state index < -0.39 is 5.97 Å². The molecule has 2 heterocycles. The molecule has 0 aliphatic carbocycles. The number of carboxylic acids is 1. The summed E-state index contributed by atoms with van der Waals surface area (Å²) in [5, 5.41) is 9.75. The van der Waals surface area contributed by atoms with Crippen molar-refractivity contribution in [3.05, 3.63) is 47.1 Å². The van der Waals surface area contributed by atoms with Crippen LogP contribution in [-0.4, -0.2) is 35.3 Å². The predicted octanol–water partition coefficient (Wildman–Crippen LogP) is 2.25. The van der Waals surface area contributed by atoms with Gasteiger partial charge in [0.05, 0.1) is 18.2 Å². The minimum Gasteiger partial charge on any atom is -0.476 e. The molecule has 0 spiro atoms. The predicted molar refractivity (Wildman–Crippen MR) is 76.3 cm³/mol. The van der Waals surface area contributed by atoms with Crippen molar-refractivity contribution in [3.63, 3.8) is 0 Å². The van der Waals surface area contributed by atoms with Gasteiger partial charge in [-0.2, -0.15) is 0 Å². The van der Waals surface area contributed by atoms with Crippen molar-refractivity contribution in [3.8, 4) is 0 Å². The number of benzene rings is 1. The lowest BCUT2D eigenvalue weighted by molar-refractivity contribution is 0.0225. The van der Waals surface area contributed by atoms with Gasteiger partial charge >= 0.3 is 5.97 Å². The zero-order valence-electron chi connectivity index (χ0n) is 10.7. The highest BCUT2D eigenvalue weighted by Gasteiger charge is 2.31. The minimum atomic E-state index is -0.977. The monoisotopic (exact) mass is 290 g/mol. The number of anilines is 1. The average Bonchev–Trinajstić information content (AvgIpc) is 2.87. The molecule has 1 aliphatic heterocycles. The lowest BCUT2D eigenvalue weighted by atomic mass is 10.1. The van der Waals surface area contributed by atoms with Gasteiger partial charge in [0.2, 0.25) is 0 Å². The Morgan fingerprint density at radius 1 is 1.40 bits per heavy atom. The number of nitrogens with zero attached hydrogens (tertiary/aromatic N) is 2. The van der Waals surface area contributed by atoms with Crippen molar-refractivity contribution in [2.24, 2.45) is 0 Å². The summed E-state index contributed by atoms with van der Waals surface area (Å²) >= 11 is 1.36. The van der Waals surface area contributed by atoms with Crippen LogP contribution in [0, 0.1) is 0 Å². The molecule has 104 valence electrons. The Morgan fingerprint density at radius 3 is 2.85 bits per heavy atom. The van der Waals surface area contributed by atoms with Crippen LogP contribution in [0.25, 0.3) is 0 Å². The van der Waals surface area contributed by atoms with Crippen molar-refractivity contribution in [2.45, 2.75) is 12.7 Å². The standard InChI is InChI=1S/C14H14N2O3S/c17-14(18)12-13(20-9-15-12)16-6-11(7-16)19-8-10-4-2-1-3-5-10/h1-5,9,11H,6-8H2,(H,17,18). The lowest BCUT2D eigenvalue weighted by Gasteiger charge is -2.39. The van der Waals surface area contributed by atoms with E-state index in [1.54, 1.807) is 5.51 Å². The largest absolute Gasteiger partial charge is 0.476 e. The van der Waals surface area contributed by atoms with Crippen LogP contribution < -0.4 is 4.90 Å². The highest BCUT2D eigenvalue weighted by Crippen LogP contribution is 2.30. The Hall–Kier alpha value is -1.92. The maximum atomic E-state index is 11.0. The molecule has 2 aromatic rings. The molecule has 0 atom stereocenters. The molecule has 1 N–H and O–H groups in total. The first-order chi connectivity index (χ1) is 9.74. The molecule has 6 heteroatoms. The number of carboxylic acid groups (broad SMARTS) is 1. The van der Waals surface area contributed by atoms with E-state index in [-0.39, 0.29) is 11.8 Å². The van der Waals surface area contributed by atoms with Gasteiger partial charge in [0.1, 0.15) is 5.00 Å². The number of rotatable bonds is 5. The van der Waals surface area contributed by atoms with Crippen molar-refractivity contribution in [1.29, 1.82) is 0 Å². The van der Waals surface area contributed by atoms with Gasteiger partial charge in [-0.25, -0.2) is 9.78 Å². The maximum Gasteiger partial charge on any atom is 0.357 e. The molecule has 0 radical (unpaired) electrons. The fourth-order valence-electron chi connectivity index (χ4n) is 2.11. The van der Waals surface area contributed by atoms with Crippen LogP contribution in [0.2, 0.25) is 0 Å². The molecule has 0 saturated carbocycles. The topological polar surface area (TPSA) is 62.7 Å². The first-order valence-corrected chi connectivity index (χ1v) is 7.19. The third kappa shape index (κ3) is 2.66. The van der Waals surface area contributed by atoms with E-state index >= 15 is 0 Å². The number of thiazole rings is 1. The van der Waals surface area contributed by atoms with E-state index in [2.05, 4.69) is 4.98 Å². The van der Waals surface area contributed by atoms with Crippen LogP contribution in [0.4, 0.5) is 5.00 Å². The highest BCUT2D eigenvalue weighted by atomic mass is 32.1. The number of hydrogen-bond acceptors (Lipinski definition) is 5. The Balaban J connectivity index is 1.51. The third-order valence-electron chi connectivity index (χ3n) is 3.22. The number of carbonyl (C=O) groups is 1. The Morgan fingerprint density at radius 2 is 2.15 bits per heavy atom. The van der Waals surface area contributed by atoms with E-state index in [1.807, 2.05) is 35.2 Å². The van der Waals surface area contributed by atoms with Crippen molar-refractivity contribution < 1.29 is 14.6 Å². The van der Waals surface area contributed by atoms with Crippen LogP contribution in [-0.2, 0) is 11.3 Å². The number of ether oxygens (including phenoxy) is 1. The van der Waals surface area contributed by atoms with Crippen molar-refractivity contribution in [2.75, 3.05) is 18.0 Å². The van der Waals surface area contributed by atoms with Crippen LogP contribution in [0.15, 0.2) is 35.8 Å². The molecule has 1 saturated heterocycles. The third-order valence-corrected chi connectivity index (χ3v) is 4.10. The highest BCUT2D eigenvalue weighted by molar-refractivity contribution is 7.14. The van der Waals surface area contributed by atoms with Crippen LogP contribution in [0.3, 0.4) is 0 Å². The summed E-state index contributed by atoms with van der Waals surface area (Å²) in [6.45, 7) is 2.03. The Labute approximate surface area is 120 Å². The molecule has 0 bridgehead atoms. The van der Waals surface area contributed by atoms with Gasteiger partial charge in [0.15, 0.2) is 5.69 Å². The van der Waals surface area contributed by atoms with Gasteiger partial charge in [-0.15, -0.1) is 11.3 Å².